The zero-order valence-electron chi connectivity index (χ0n) is 7.53. The maximum Gasteiger partial charge on any atom is 0.326 e. The number of carbonyl (C=O) groups is 1. The van der Waals surface area contributed by atoms with Gasteiger partial charge in [0, 0.05) is 12.4 Å². The Hall–Kier alpha value is -1.25. The first-order chi connectivity index (χ1) is 5.52. The number of aliphatic carboxylic acids is 1. The van der Waals surface area contributed by atoms with Crippen molar-refractivity contribution in [2.75, 3.05) is 0 Å². The Labute approximate surface area is 71.6 Å². The molecule has 0 aliphatic rings. The molecular formula is C9H13NO2. The van der Waals surface area contributed by atoms with Crippen molar-refractivity contribution in [3.63, 3.8) is 0 Å². The van der Waals surface area contributed by atoms with E-state index in [1.54, 1.807) is 11.5 Å². The number of aryl methyl sites for hydroxylation is 2. The van der Waals surface area contributed by atoms with Crippen LogP contribution in [0.3, 0.4) is 0 Å². The fourth-order valence-electron chi connectivity index (χ4n) is 1.04. The van der Waals surface area contributed by atoms with E-state index in [1.165, 1.54) is 0 Å². The van der Waals surface area contributed by atoms with Crippen LogP contribution < -0.4 is 0 Å². The number of aromatic nitrogens is 1. The molecule has 1 unspecified atom stereocenters. The molecule has 12 heavy (non-hydrogen) atoms. The SMILES string of the molecule is Cc1cn(C(C)C(=O)O)cc1C. The number of carboxylic acid groups (broad SMARTS) is 1. The molecule has 0 amide bonds. The van der Waals surface area contributed by atoms with Gasteiger partial charge in [-0.25, -0.2) is 4.79 Å². The van der Waals surface area contributed by atoms with Gasteiger partial charge in [0.15, 0.2) is 0 Å². The molecule has 3 nitrogen and oxygen atoms in total. The summed E-state index contributed by atoms with van der Waals surface area (Å²) in [4.78, 5) is 10.6. The maximum atomic E-state index is 10.6. The minimum atomic E-state index is -0.801. The first-order valence-electron chi connectivity index (χ1n) is 3.90. The van der Waals surface area contributed by atoms with Crippen LogP contribution in [0, 0.1) is 13.8 Å². The van der Waals surface area contributed by atoms with Crippen molar-refractivity contribution in [1.82, 2.24) is 4.57 Å². The fraction of sp³-hybridized carbons (Fsp3) is 0.444. The van der Waals surface area contributed by atoms with Gasteiger partial charge in [0.2, 0.25) is 0 Å². The Morgan fingerprint density at radius 1 is 1.42 bits per heavy atom. The summed E-state index contributed by atoms with van der Waals surface area (Å²) in [6.45, 7) is 5.61. The van der Waals surface area contributed by atoms with E-state index in [2.05, 4.69) is 0 Å². The largest absolute Gasteiger partial charge is 0.480 e. The summed E-state index contributed by atoms with van der Waals surface area (Å²) in [7, 11) is 0. The standard InChI is InChI=1S/C9H13NO2/c1-6-4-10(5-7(6)2)8(3)9(11)12/h4-5,8H,1-3H3,(H,11,12). The summed E-state index contributed by atoms with van der Waals surface area (Å²) < 4.78 is 1.72. The van der Waals surface area contributed by atoms with Crippen LogP contribution in [0.15, 0.2) is 12.4 Å². The molecule has 1 aromatic rings. The van der Waals surface area contributed by atoms with Crippen molar-refractivity contribution < 1.29 is 9.90 Å². The second-order valence-corrected chi connectivity index (χ2v) is 3.09. The van der Waals surface area contributed by atoms with Gasteiger partial charge in [-0.2, -0.15) is 0 Å². The molecule has 0 spiro atoms. The Morgan fingerprint density at radius 3 is 2.17 bits per heavy atom. The molecule has 0 aromatic carbocycles. The summed E-state index contributed by atoms with van der Waals surface area (Å²) in [5.41, 5.74) is 2.26. The third kappa shape index (κ3) is 1.49. The molecular weight excluding hydrogens is 154 g/mol. The second kappa shape index (κ2) is 3.01. The molecule has 66 valence electrons. The first kappa shape index (κ1) is 8.84. The summed E-state index contributed by atoms with van der Waals surface area (Å²) in [5, 5.41) is 8.71. The van der Waals surface area contributed by atoms with Gasteiger partial charge >= 0.3 is 5.97 Å². The minimum absolute atomic E-state index is 0.475. The van der Waals surface area contributed by atoms with Crippen molar-refractivity contribution in [2.24, 2.45) is 0 Å². The highest BCUT2D eigenvalue weighted by atomic mass is 16.4. The zero-order valence-corrected chi connectivity index (χ0v) is 7.53. The van der Waals surface area contributed by atoms with Crippen molar-refractivity contribution in [1.29, 1.82) is 0 Å². The lowest BCUT2D eigenvalue weighted by molar-refractivity contribution is -0.140. The van der Waals surface area contributed by atoms with Crippen molar-refractivity contribution in [2.45, 2.75) is 26.8 Å². The van der Waals surface area contributed by atoms with E-state index < -0.39 is 12.0 Å². The highest BCUT2D eigenvalue weighted by Crippen LogP contribution is 2.13. The quantitative estimate of drug-likeness (QED) is 0.729. The topological polar surface area (TPSA) is 42.2 Å². The molecule has 1 aromatic heterocycles. The predicted molar refractivity (Wildman–Crippen MR) is 46.3 cm³/mol. The smallest absolute Gasteiger partial charge is 0.326 e. The summed E-state index contributed by atoms with van der Waals surface area (Å²) in [5.74, 6) is -0.801. The lowest BCUT2D eigenvalue weighted by Crippen LogP contribution is -2.13. The number of hydrogen-bond donors (Lipinski definition) is 1. The molecule has 1 rings (SSSR count). The molecule has 0 aliphatic carbocycles. The van der Waals surface area contributed by atoms with E-state index >= 15 is 0 Å². The van der Waals surface area contributed by atoms with Crippen LogP contribution in [0.4, 0.5) is 0 Å². The normalized spacial score (nSPS) is 12.9. The highest BCUT2D eigenvalue weighted by Gasteiger charge is 2.12. The molecule has 1 N–H and O–H groups in total. The van der Waals surface area contributed by atoms with E-state index in [0.29, 0.717) is 0 Å². The van der Waals surface area contributed by atoms with Crippen LogP contribution in [0.5, 0.6) is 0 Å². The number of carboxylic acids is 1. The van der Waals surface area contributed by atoms with Crippen LogP contribution in [-0.2, 0) is 4.79 Å². The van der Waals surface area contributed by atoms with Gasteiger partial charge in [0.25, 0.3) is 0 Å². The molecule has 3 heteroatoms. The van der Waals surface area contributed by atoms with Crippen LogP contribution in [0.1, 0.15) is 24.1 Å². The summed E-state index contributed by atoms with van der Waals surface area (Å²) in [6, 6.07) is -0.475. The van der Waals surface area contributed by atoms with Gasteiger partial charge in [0.1, 0.15) is 6.04 Å². The monoisotopic (exact) mass is 167 g/mol. The van der Waals surface area contributed by atoms with Crippen LogP contribution in [0.25, 0.3) is 0 Å². The molecule has 0 radical (unpaired) electrons. The van der Waals surface area contributed by atoms with Crippen molar-refractivity contribution in [3.05, 3.63) is 23.5 Å². The lowest BCUT2D eigenvalue weighted by Gasteiger charge is -2.06. The Kier molecular flexibility index (Phi) is 2.22. The molecule has 0 bridgehead atoms. The van der Waals surface area contributed by atoms with E-state index in [4.69, 9.17) is 5.11 Å². The van der Waals surface area contributed by atoms with Gasteiger partial charge in [-0.3, -0.25) is 0 Å². The number of hydrogen-bond acceptors (Lipinski definition) is 1. The van der Waals surface area contributed by atoms with Crippen molar-refractivity contribution >= 4 is 5.97 Å². The molecule has 0 saturated carbocycles. The summed E-state index contributed by atoms with van der Waals surface area (Å²) >= 11 is 0. The third-order valence-electron chi connectivity index (χ3n) is 2.11. The zero-order chi connectivity index (χ0) is 9.30. The molecule has 0 fully saturated rings. The predicted octanol–water partition coefficient (Wildman–Crippen LogP) is 1.75. The van der Waals surface area contributed by atoms with Gasteiger partial charge in [-0.05, 0) is 31.9 Å². The van der Waals surface area contributed by atoms with Gasteiger partial charge in [-0.1, -0.05) is 0 Å². The van der Waals surface area contributed by atoms with Crippen molar-refractivity contribution in [3.8, 4) is 0 Å². The van der Waals surface area contributed by atoms with E-state index in [9.17, 15) is 4.79 Å². The second-order valence-electron chi connectivity index (χ2n) is 3.09. The first-order valence-corrected chi connectivity index (χ1v) is 3.90. The van der Waals surface area contributed by atoms with E-state index in [0.717, 1.165) is 11.1 Å². The Balaban J connectivity index is 2.96. The van der Waals surface area contributed by atoms with Crippen LogP contribution in [-0.4, -0.2) is 15.6 Å². The third-order valence-corrected chi connectivity index (χ3v) is 2.11. The highest BCUT2D eigenvalue weighted by molar-refractivity contribution is 5.71. The summed E-state index contributed by atoms with van der Waals surface area (Å²) in [6.07, 6.45) is 3.71. The Bertz CT molecular complexity index is 282. The van der Waals surface area contributed by atoms with Gasteiger partial charge < -0.3 is 9.67 Å². The molecule has 0 saturated heterocycles. The van der Waals surface area contributed by atoms with Gasteiger partial charge in [0.05, 0.1) is 0 Å². The number of rotatable bonds is 2. The fourth-order valence-corrected chi connectivity index (χ4v) is 1.04. The minimum Gasteiger partial charge on any atom is -0.480 e. The Morgan fingerprint density at radius 2 is 1.83 bits per heavy atom. The molecule has 1 atom stereocenters. The molecule has 1 heterocycles. The average molecular weight is 167 g/mol. The maximum absolute atomic E-state index is 10.6. The average Bonchev–Trinajstić information content (AvgIpc) is 2.30. The van der Waals surface area contributed by atoms with Crippen LogP contribution >= 0.6 is 0 Å². The van der Waals surface area contributed by atoms with Crippen LogP contribution in [0.2, 0.25) is 0 Å². The van der Waals surface area contributed by atoms with Gasteiger partial charge in [-0.15, -0.1) is 0 Å². The molecule has 0 aliphatic heterocycles. The van der Waals surface area contributed by atoms with E-state index in [-0.39, 0.29) is 0 Å². The van der Waals surface area contributed by atoms with E-state index in [1.807, 2.05) is 26.2 Å². The lowest BCUT2D eigenvalue weighted by atomic mass is 10.2. The number of nitrogens with zero attached hydrogens (tertiary/aromatic N) is 1.